The van der Waals surface area contributed by atoms with Crippen molar-refractivity contribution in [2.45, 2.75) is 6.61 Å². The monoisotopic (exact) mass is 287 g/mol. The molecule has 0 saturated carbocycles. The molecule has 0 radical (unpaired) electrons. The Morgan fingerprint density at radius 1 is 1.25 bits per heavy atom. The summed E-state index contributed by atoms with van der Waals surface area (Å²) in [5, 5.41) is 0.598. The van der Waals surface area contributed by atoms with Gasteiger partial charge in [-0.1, -0.05) is 29.8 Å². The van der Waals surface area contributed by atoms with Crippen molar-refractivity contribution in [3.05, 3.63) is 53.1 Å². The minimum absolute atomic E-state index is 0.419. The molecule has 0 saturated heterocycles. The van der Waals surface area contributed by atoms with Gasteiger partial charge in [0.1, 0.15) is 5.52 Å². The van der Waals surface area contributed by atoms with E-state index in [0.29, 0.717) is 23.1 Å². The zero-order valence-corrected chi connectivity index (χ0v) is 11.8. The Balaban J connectivity index is 2.21. The summed E-state index contributed by atoms with van der Waals surface area (Å²) < 4.78 is 7.05. The lowest BCUT2D eigenvalue weighted by molar-refractivity contribution is 0.185. The topological polar surface area (TPSA) is 53.1 Å². The van der Waals surface area contributed by atoms with Crippen molar-refractivity contribution >= 4 is 28.6 Å². The molecular formula is C15H14ClN3O. The molecule has 0 unspecified atom stereocenters. The van der Waals surface area contributed by atoms with E-state index in [1.54, 1.807) is 7.11 Å². The van der Waals surface area contributed by atoms with Gasteiger partial charge in [0, 0.05) is 12.8 Å². The standard InChI is InChI=1S/C15H14ClN3O/c1-20-9-10-4-2-5-11(8-10)19-13-7-3-6-12(16)14(13)18-15(19)17/h2-8H,9H2,1H3,(H2,17,18). The van der Waals surface area contributed by atoms with Gasteiger partial charge in [-0.3, -0.25) is 4.57 Å². The van der Waals surface area contributed by atoms with Crippen LogP contribution in [-0.4, -0.2) is 16.7 Å². The molecule has 0 aliphatic carbocycles. The Kier molecular flexibility index (Phi) is 3.34. The Bertz CT molecular complexity index is 767. The van der Waals surface area contributed by atoms with Crippen molar-refractivity contribution in [2.24, 2.45) is 0 Å². The van der Waals surface area contributed by atoms with Crippen LogP contribution in [0.2, 0.25) is 5.02 Å². The summed E-state index contributed by atoms with van der Waals surface area (Å²) in [6.45, 7) is 0.557. The van der Waals surface area contributed by atoms with Crippen LogP contribution in [0.4, 0.5) is 5.95 Å². The van der Waals surface area contributed by atoms with Gasteiger partial charge >= 0.3 is 0 Å². The number of methoxy groups -OCH3 is 1. The van der Waals surface area contributed by atoms with Gasteiger partial charge in [0.05, 0.1) is 17.1 Å². The number of nitrogens with two attached hydrogens (primary N) is 1. The number of fused-ring (bicyclic) bond motifs is 1. The van der Waals surface area contributed by atoms with E-state index in [0.717, 1.165) is 16.8 Å². The molecule has 4 nitrogen and oxygen atoms in total. The van der Waals surface area contributed by atoms with Crippen LogP contribution in [0.3, 0.4) is 0 Å². The SMILES string of the molecule is COCc1cccc(-n2c(N)nc3c(Cl)cccc32)c1. The molecule has 0 spiro atoms. The number of hydrogen-bond acceptors (Lipinski definition) is 3. The number of benzene rings is 2. The predicted molar refractivity (Wildman–Crippen MR) is 81.2 cm³/mol. The predicted octanol–water partition coefficient (Wildman–Crippen LogP) is 3.41. The van der Waals surface area contributed by atoms with Gasteiger partial charge in [-0.15, -0.1) is 0 Å². The van der Waals surface area contributed by atoms with Gasteiger partial charge in [0.2, 0.25) is 5.95 Å². The van der Waals surface area contributed by atoms with Gasteiger partial charge in [0.25, 0.3) is 0 Å². The van der Waals surface area contributed by atoms with Gasteiger partial charge < -0.3 is 10.5 Å². The second-order valence-electron chi connectivity index (χ2n) is 4.52. The van der Waals surface area contributed by atoms with E-state index in [1.807, 2.05) is 47.0 Å². The first-order valence-electron chi connectivity index (χ1n) is 6.21. The highest BCUT2D eigenvalue weighted by Gasteiger charge is 2.12. The van der Waals surface area contributed by atoms with E-state index >= 15 is 0 Å². The first-order valence-corrected chi connectivity index (χ1v) is 6.59. The smallest absolute Gasteiger partial charge is 0.205 e. The average molecular weight is 288 g/mol. The molecule has 2 N–H and O–H groups in total. The second kappa shape index (κ2) is 5.15. The summed E-state index contributed by atoms with van der Waals surface area (Å²) in [4.78, 5) is 4.34. The van der Waals surface area contributed by atoms with E-state index in [9.17, 15) is 0 Å². The Hall–Kier alpha value is -2.04. The minimum Gasteiger partial charge on any atom is -0.380 e. The highest BCUT2D eigenvalue weighted by Crippen LogP contribution is 2.28. The van der Waals surface area contributed by atoms with Crippen LogP contribution in [-0.2, 0) is 11.3 Å². The van der Waals surface area contributed by atoms with Crippen LogP contribution in [0, 0.1) is 0 Å². The quantitative estimate of drug-likeness (QED) is 0.803. The van der Waals surface area contributed by atoms with Gasteiger partial charge in [-0.25, -0.2) is 4.98 Å². The number of rotatable bonds is 3. The molecule has 2 aromatic carbocycles. The van der Waals surface area contributed by atoms with E-state index in [1.165, 1.54) is 0 Å². The molecule has 3 rings (SSSR count). The average Bonchev–Trinajstić information content (AvgIpc) is 2.77. The molecular weight excluding hydrogens is 274 g/mol. The first-order chi connectivity index (χ1) is 9.70. The summed E-state index contributed by atoms with van der Waals surface area (Å²) in [7, 11) is 1.67. The molecule has 102 valence electrons. The van der Waals surface area contributed by atoms with Crippen LogP contribution in [0.5, 0.6) is 0 Å². The fourth-order valence-corrected chi connectivity index (χ4v) is 2.52. The number of nitrogen functional groups attached to an aromatic ring is 1. The number of anilines is 1. The van der Waals surface area contributed by atoms with Gasteiger partial charge in [0.15, 0.2) is 0 Å². The fourth-order valence-electron chi connectivity index (χ4n) is 2.31. The highest BCUT2D eigenvalue weighted by molar-refractivity contribution is 6.35. The molecule has 0 atom stereocenters. The molecule has 0 amide bonds. The summed E-state index contributed by atoms with van der Waals surface area (Å²) in [6.07, 6.45) is 0. The normalized spacial score (nSPS) is 11.1. The van der Waals surface area contributed by atoms with Crippen molar-refractivity contribution < 1.29 is 4.74 Å². The van der Waals surface area contributed by atoms with Gasteiger partial charge in [-0.2, -0.15) is 0 Å². The Morgan fingerprint density at radius 3 is 2.85 bits per heavy atom. The number of nitrogens with zero attached hydrogens (tertiary/aromatic N) is 2. The maximum absolute atomic E-state index is 6.16. The molecule has 0 aliphatic rings. The lowest BCUT2D eigenvalue weighted by Gasteiger charge is -2.08. The van der Waals surface area contributed by atoms with Gasteiger partial charge in [-0.05, 0) is 29.8 Å². The number of aromatic nitrogens is 2. The molecule has 3 aromatic rings. The third-order valence-corrected chi connectivity index (χ3v) is 3.45. The molecule has 0 aliphatic heterocycles. The molecule has 1 heterocycles. The lowest BCUT2D eigenvalue weighted by Crippen LogP contribution is -2.01. The van der Waals surface area contributed by atoms with E-state index in [2.05, 4.69) is 4.98 Å². The molecule has 5 heteroatoms. The largest absolute Gasteiger partial charge is 0.380 e. The maximum Gasteiger partial charge on any atom is 0.205 e. The summed E-state index contributed by atoms with van der Waals surface area (Å²) >= 11 is 6.16. The zero-order valence-electron chi connectivity index (χ0n) is 11.0. The minimum atomic E-state index is 0.419. The van der Waals surface area contributed by atoms with Crippen molar-refractivity contribution in [3.63, 3.8) is 0 Å². The van der Waals surface area contributed by atoms with Crippen molar-refractivity contribution in [1.29, 1.82) is 0 Å². The Morgan fingerprint density at radius 2 is 2.05 bits per heavy atom. The number of halogens is 1. The van der Waals surface area contributed by atoms with Crippen LogP contribution < -0.4 is 5.73 Å². The molecule has 1 aromatic heterocycles. The number of imidazole rings is 1. The zero-order chi connectivity index (χ0) is 14.1. The van der Waals surface area contributed by atoms with Crippen molar-refractivity contribution in [2.75, 3.05) is 12.8 Å². The van der Waals surface area contributed by atoms with Crippen molar-refractivity contribution in [3.8, 4) is 5.69 Å². The highest BCUT2D eigenvalue weighted by atomic mass is 35.5. The molecule has 0 fully saturated rings. The summed E-state index contributed by atoms with van der Waals surface area (Å²) in [6, 6.07) is 13.6. The first kappa shape index (κ1) is 13.0. The summed E-state index contributed by atoms with van der Waals surface area (Å²) in [5.41, 5.74) is 9.67. The molecule has 0 bridgehead atoms. The van der Waals surface area contributed by atoms with E-state index < -0.39 is 0 Å². The maximum atomic E-state index is 6.16. The fraction of sp³-hybridized carbons (Fsp3) is 0.133. The van der Waals surface area contributed by atoms with E-state index in [4.69, 9.17) is 22.1 Å². The second-order valence-corrected chi connectivity index (χ2v) is 4.92. The van der Waals surface area contributed by atoms with Crippen LogP contribution >= 0.6 is 11.6 Å². The third-order valence-electron chi connectivity index (χ3n) is 3.14. The van der Waals surface area contributed by atoms with E-state index in [-0.39, 0.29) is 0 Å². The number of para-hydroxylation sites is 1. The van der Waals surface area contributed by atoms with Crippen LogP contribution in [0.1, 0.15) is 5.56 Å². The third kappa shape index (κ3) is 2.13. The number of hydrogen-bond donors (Lipinski definition) is 1. The summed E-state index contributed by atoms with van der Waals surface area (Å²) in [5.74, 6) is 0.419. The number of ether oxygens (including phenoxy) is 1. The molecule has 20 heavy (non-hydrogen) atoms. The van der Waals surface area contributed by atoms with Crippen molar-refractivity contribution in [1.82, 2.24) is 9.55 Å². The van der Waals surface area contributed by atoms with Crippen LogP contribution in [0.15, 0.2) is 42.5 Å². The van der Waals surface area contributed by atoms with Crippen LogP contribution in [0.25, 0.3) is 16.7 Å². The Labute approximate surface area is 121 Å². The lowest BCUT2D eigenvalue weighted by atomic mass is 10.2.